The second-order valence-electron chi connectivity index (χ2n) is 5.41. The monoisotopic (exact) mass is 366 g/mol. The fourth-order valence-electron chi connectivity index (χ4n) is 2.14. The van der Waals surface area contributed by atoms with Crippen molar-refractivity contribution in [3.05, 3.63) is 40.4 Å². The normalized spacial score (nSPS) is 13.2. The molecule has 1 aromatic carbocycles. The Morgan fingerprint density at radius 1 is 1.42 bits per heavy atom. The van der Waals surface area contributed by atoms with Crippen LogP contribution in [0.15, 0.2) is 29.6 Å². The lowest BCUT2D eigenvalue weighted by Crippen LogP contribution is -2.45. The molecular formula is C17H19ClN2O3S. The van der Waals surface area contributed by atoms with E-state index in [-0.39, 0.29) is 11.6 Å². The van der Waals surface area contributed by atoms with Gasteiger partial charge in [0, 0.05) is 16.0 Å². The smallest absolute Gasteiger partial charge is 0.328 e. The molecule has 1 heterocycles. The Morgan fingerprint density at radius 3 is 2.79 bits per heavy atom. The van der Waals surface area contributed by atoms with Gasteiger partial charge in [-0.3, -0.25) is 4.79 Å². The number of hydrogen-bond donors (Lipinski definition) is 1. The minimum Gasteiger partial charge on any atom is -0.467 e. The predicted molar refractivity (Wildman–Crippen MR) is 95.3 cm³/mol. The molecule has 1 N–H and O–H groups in total. The van der Waals surface area contributed by atoms with E-state index in [0.29, 0.717) is 10.0 Å². The molecule has 0 aliphatic rings. The van der Waals surface area contributed by atoms with Crippen LogP contribution >= 0.6 is 22.9 Å². The summed E-state index contributed by atoms with van der Waals surface area (Å²) in [7, 11) is 1.31. The summed E-state index contributed by atoms with van der Waals surface area (Å²) in [6.07, 6.45) is 0.741. The first-order valence-electron chi connectivity index (χ1n) is 7.56. The van der Waals surface area contributed by atoms with E-state index >= 15 is 0 Å². The second-order valence-corrected chi connectivity index (χ2v) is 6.70. The maximum absolute atomic E-state index is 12.4. The zero-order valence-corrected chi connectivity index (χ0v) is 15.3. The Hall–Kier alpha value is -1.92. The molecule has 2 unspecified atom stereocenters. The van der Waals surface area contributed by atoms with Gasteiger partial charge in [-0.25, -0.2) is 9.78 Å². The minimum absolute atomic E-state index is 0.0348. The summed E-state index contributed by atoms with van der Waals surface area (Å²) >= 11 is 7.33. The highest BCUT2D eigenvalue weighted by Crippen LogP contribution is 2.26. The molecule has 24 heavy (non-hydrogen) atoms. The van der Waals surface area contributed by atoms with Crippen LogP contribution in [-0.2, 0) is 9.53 Å². The van der Waals surface area contributed by atoms with Crippen molar-refractivity contribution in [3.63, 3.8) is 0 Å². The van der Waals surface area contributed by atoms with Gasteiger partial charge in [-0.2, -0.15) is 0 Å². The molecule has 0 radical (unpaired) electrons. The number of aromatic nitrogens is 1. The van der Waals surface area contributed by atoms with Crippen molar-refractivity contribution in [3.8, 4) is 10.6 Å². The third kappa shape index (κ3) is 4.33. The molecule has 0 aliphatic carbocycles. The summed E-state index contributed by atoms with van der Waals surface area (Å²) in [5.41, 5.74) is 1.12. The maximum Gasteiger partial charge on any atom is 0.328 e. The number of halogens is 1. The van der Waals surface area contributed by atoms with Crippen molar-refractivity contribution in [1.29, 1.82) is 0 Å². The lowest BCUT2D eigenvalue weighted by molar-refractivity contribution is -0.144. The van der Waals surface area contributed by atoms with Gasteiger partial charge in [0.2, 0.25) is 0 Å². The molecule has 1 amide bonds. The van der Waals surface area contributed by atoms with Gasteiger partial charge in [0.25, 0.3) is 5.91 Å². The number of carbonyl (C=O) groups is 2. The first kappa shape index (κ1) is 18.4. The molecule has 7 heteroatoms. The standard InChI is InChI=1S/C17H19ClN2O3S/c1-4-10(2)14(17(22)23-3)20-15(21)13-9-24-16(19-13)11-6-5-7-12(18)8-11/h5-10,14H,4H2,1-3H3,(H,20,21). The zero-order chi connectivity index (χ0) is 17.7. The van der Waals surface area contributed by atoms with E-state index in [0.717, 1.165) is 12.0 Å². The van der Waals surface area contributed by atoms with Crippen LogP contribution in [0.2, 0.25) is 5.02 Å². The van der Waals surface area contributed by atoms with Gasteiger partial charge >= 0.3 is 5.97 Å². The SMILES string of the molecule is CCC(C)C(NC(=O)c1csc(-c2cccc(Cl)c2)n1)C(=O)OC. The molecule has 2 rings (SSSR count). The molecule has 2 aromatic rings. The summed E-state index contributed by atoms with van der Waals surface area (Å²) in [6.45, 7) is 3.84. The number of benzene rings is 1. The summed E-state index contributed by atoms with van der Waals surface area (Å²) in [6, 6.07) is 6.58. The molecule has 0 fully saturated rings. The average molecular weight is 367 g/mol. The molecule has 0 bridgehead atoms. The largest absolute Gasteiger partial charge is 0.467 e. The van der Waals surface area contributed by atoms with Crippen LogP contribution in [0, 0.1) is 5.92 Å². The van der Waals surface area contributed by atoms with Crippen molar-refractivity contribution in [2.24, 2.45) is 5.92 Å². The van der Waals surface area contributed by atoms with Crippen LogP contribution in [0.5, 0.6) is 0 Å². The van der Waals surface area contributed by atoms with Crippen molar-refractivity contribution in [2.45, 2.75) is 26.3 Å². The van der Waals surface area contributed by atoms with E-state index in [4.69, 9.17) is 16.3 Å². The van der Waals surface area contributed by atoms with Gasteiger partial charge in [0.15, 0.2) is 0 Å². The lowest BCUT2D eigenvalue weighted by atomic mass is 9.99. The topological polar surface area (TPSA) is 68.3 Å². The predicted octanol–water partition coefficient (Wildman–Crippen LogP) is 3.78. The Balaban J connectivity index is 2.17. The zero-order valence-electron chi connectivity index (χ0n) is 13.7. The van der Waals surface area contributed by atoms with Crippen molar-refractivity contribution >= 4 is 34.8 Å². The van der Waals surface area contributed by atoms with Crippen LogP contribution in [0.4, 0.5) is 0 Å². The van der Waals surface area contributed by atoms with Gasteiger partial charge in [0.05, 0.1) is 7.11 Å². The first-order valence-corrected chi connectivity index (χ1v) is 8.82. The Bertz CT molecular complexity index is 732. The first-order chi connectivity index (χ1) is 11.5. The Morgan fingerprint density at radius 2 is 2.17 bits per heavy atom. The third-order valence-corrected chi connectivity index (χ3v) is 4.89. The number of rotatable bonds is 6. The highest BCUT2D eigenvalue weighted by atomic mass is 35.5. The minimum atomic E-state index is -0.691. The number of esters is 1. The van der Waals surface area contributed by atoms with E-state index in [2.05, 4.69) is 10.3 Å². The highest BCUT2D eigenvalue weighted by molar-refractivity contribution is 7.13. The van der Waals surface area contributed by atoms with E-state index in [9.17, 15) is 9.59 Å². The molecule has 128 valence electrons. The molecule has 5 nitrogen and oxygen atoms in total. The van der Waals surface area contributed by atoms with Crippen LogP contribution < -0.4 is 5.32 Å². The Kier molecular flexibility index (Phi) is 6.34. The van der Waals surface area contributed by atoms with E-state index in [1.807, 2.05) is 26.0 Å². The fraction of sp³-hybridized carbons (Fsp3) is 0.353. The quantitative estimate of drug-likeness (QED) is 0.790. The number of nitrogens with zero attached hydrogens (tertiary/aromatic N) is 1. The Labute approximate surface area is 150 Å². The van der Waals surface area contributed by atoms with Crippen LogP contribution in [0.3, 0.4) is 0 Å². The maximum atomic E-state index is 12.4. The molecule has 2 atom stereocenters. The van der Waals surface area contributed by atoms with Gasteiger partial charge in [-0.1, -0.05) is 44.0 Å². The average Bonchev–Trinajstić information content (AvgIpc) is 3.08. The summed E-state index contributed by atoms with van der Waals surface area (Å²) in [5.74, 6) is -0.884. The number of carbonyl (C=O) groups excluding carboxylic acids is 2. The van der Waals surface area contributed by atoms with E-state index in [1.54, 1.807) is 17.5 Å². The number of nitrogens with one attached hydrogen (secondary N) is 1. The van der Waals surface area contributed by atoms with Gasteiger partial charge < -0.3 is 10.1 Å². The summed E-state index contributed by atoms with van der Waals surface area (Å²) in [4.78, 5) is 28.6. The molecular weight excluding hydrogens is 348 g/mol. The molecule has 0 saturated heterocycles. The van der Waals surface area contributed by atoms with Crippen LogP contribution in [-0.4, -0.2) is 30.0 Å². The van der Waals surface area contributed by atoms with Crippen LogP contribution in [0.25, 0.3) is 10.6 Å². The van der Waals surface area contributed by atoms with Gasteiger partial charge in [-0.05, 0) is 18.1 Å². The number of amides is 1. The van der Waals surface area contributed by atoms with Crippen molar-refractivity contribution in [2.75, 3.05) is 7.11 Å². The van der Waals surface area contributed by atoms with Gasteiger partial charge in [0.1, 0.15) is 16.7 Å². The summed E-state index contributed by atoms with van der Waals surface area (Å²) < 4.78 is 4.77. The number of methoxy groups -OCH3 is 1. The van der Waals surface area contributed by atoms with Crippen molar-refractivity contribution in [1.82, 2.24) is 10.3 Å². The molecule has 0 spiro atoms. The number of thiazole rings is 1. The lowest BCUT2D eigenvalue weighted by Gasteiger charge is -2.21. The van der Waals surface area contributed by atoms with E-state index < -0.39 is 17.9 Å². The van der Waals surface area contributed by atoms with E-state index in [1.165, 1.54) is 18.4 Å². The molecule has 0 saturated carbocycles. The molecule has 0 aliphatic heterocycles. The molecule has 1 aromatic heterocycles. The summed E-state index contributed by atoms with van der Waals surface area (Å²) in [5, 5.41) is 5.68. The number of hydrogen-bond acceptors (Lipinski definition) is 5. The second kappa shape index (κ2) is 8.26. The fourth-order valence-corrected chi connectivity index (χ4v) is 3.13. The van der Waals surface area contributed by atoms with Gasteiger partial charge in [-0.15, -0.1) is 11.3 Å². The van der Waals surface area contributed by atoms with Crippen molar-refractivity contribution < 1.29 is 14.3 Å². The third-order valence-electron chi connectivity index (χ3n) is 3.76. The van der Waals surface area contributed by atoms with Crippen LogP contribution in [0.1, 0.15) is 30.8 Å². The number of ether oxygens (including phenoxy) is 1. The highest BCUT2D eigenvalue weighted by Gasteiger charge is 2.27.